The van der Waals surface area contributed by atoms with E-state index >= 15 is 0 Å². The first kappa shape index (κ1) is 6.74. The summed E-state index contributed by atoms with van der Waals surface area (Å²) in [6, 6.07) is 8.15. The highest BCUT2D eigenvalue weighted by Crippen LogP contribution is 2.13. The maximum atomic E-state index is 10.2. The molecule has 1 rings (SSSR count). The Labute approximate surface area is 58.4 Å². The average molecular weight is 135 g/mol. The quantitative estimate of drug-likeness (QED) is 0.432. The highest BCUT2D eigenvalue weighted by Gasteiger charge is 2.06. The summed E-state index contributed by atoms with van der Waals surface area (Å²) in [5.41, 5.74) is 0.617. The van der Waals surface area contributed by atoms with Crippen molar-refractivity contribution in [3.05, 3.63) is 39.9 Å². The lowest BCUT2D eigenvalue weighted by molar-refractivity contribution is -0.385. The summed E-state index contributed by atoms with van der Waals surface area (Å²) < 4.78 is 0. The van der Waals surface area contributed by atoms with Crippen LogP contribution in [0.4, 0.5) is 5.69 Å². The second kappa shape index (κ2) is 2.47. The van der Waals surface area contributed by atoms with E-state index in [1.165, 1.54) is 6.07 Å². The largest absolute Gasteiger partial charge is 0.280 e. The highest BCUT2D eigenvalue weighted by molar-refractivity contribution is 5.36. The number of rotatable bonds is 1. The molecular weight excluding hydrogens is 130 g/mol. The van der Waals surface area contributed by atoms with Crippen LogP contribution < -0.4 is 0 Å². The third kappa shape index (κ3) is 1.13. The molecule has 0 saturated carbocycles. The minimum absolute atomic E-state index is 0.0266. The number of nitro benzene ring substituents is 1. The van der Waals surface area contributed by atoms with Gasteiger partial charge in [-0.25, -0.2) is 0 Å². The van der Waals surface area contributed by atoms with Gasteiger partial charge in [0, 0.05) is 5.56 Å². The molecule has 0 atom stereocenters. The molecule has 0 spiro atoms. The molecule has 0 heterocycles. The Hall–Kier alpha value is -1.38. The van der Waals surface area contributed by atoms with Crippen molar-refractivity contribution in [3.8, 4) is 0 Å². The van der Waals surface area contributed by atoms with Crippen LogP contribution >= 0.6 is 0 Å². The van der Waals surface area contributed by atoms with Crippen molar-refractivity contribution < 1.29 is 4.92 Å². The molecule has 10 heavy (non-hydrogen) atoms. The van der Waals surface area contributed by atoms with E-state index in [2.05, 4.69) is 12.1 Å². The van der Waals surface area contributed by atoms with Gasteiger partial charge in [0.1, 0.15) is 0 Å². The molecule has 0 saturated heterocycles. The maximum Gasteiger partial charge on any atom is 0.280 e. The lowest BCUT2D eigenvalue weighted by atomic mass is 10.2. The minimum Gasteiger partial charge on any atom is -0.258 e. The topological polar surface area (TPSA) is 43.1 Å². The number of benzene rings is 1. The van der Waals surface area contributed by atoms with Crippen LogP contribution in [0.2, 0.25) is 0 Å². The first-order valence-corrected chi connectivity index (χ1v) is 2.74. The molecule has 0 unspecified atom stereocenters. The molecular formula is C7H5NO2. The molecule has 0 aliphatic rings. The van der Waals surface area contributed by atoms with E-state index in [1.54, 1.807) is 13.0 Å². The molecule has 1 aromatic carbocycles. The zero-order valence-electron chi connectivity index (χ0n) is 5.42. The fourth-order valence-electron chi connectivity index (χ4n) is 0.656. The molecule has 0 fully saturated rings. The van der Waals surface area contributed by atoms with Crippen molar-refractivity contribution in [2.45, 2.75) is 6.92 Å². The van der Waals surface area contributed by atoms with E-state index in [0.717, 1.165) is 0 Å². The predicted molar refractivity (Wildman–Crippen MR) is 35.5 cm³/mol. The summed E-state index contributed by atoms with van der Waals surface area (Å²) in [5, 5.41) is 10.2. The van der Waals surface area contributed by atoms with E-state index in [0.29, 0.717) is 5.56 Å². The van der Waals surface area contributed by atoms with Crippen molar-refractivity contribution >= 4 is 5.69 Å². The lowest BCUT2D eigenvalue weighted by Crippen LogP contribution is -1.90. The monoisotopic (exact) mass is 135 g/mol. The van der Waals surface area contributed by atoms with Crippen molar-refractivity contribution in [1.29, 1.82) is 0 Å². The average Bonchev–Trinajstić information content (AvgIpc) is 1.88. The van der Waals surface area contributed by atoms with Crippen LogP contribution in [0.5, 0.6) is 0 Å². The van der Waals surface area contributed by atoms with Gasteiger partial charge in [0.15, 0.2) is 0 Å². The molecule has 3 nitrogen and oxygen atoms in total. The van der Waals surface area contributed by atoms with Crippen LogP contribution in [-0.4, -0.2) is 4.92 Å². The second-order valence-electron chi connectivity index (χ2n) is 1.89. The standard InChI is InChI=1S/C7H5NO2/c1-6-4-2-3-5-7(6)8(9)10/h3-4H,1H3. The molecule has 50 valence electrons. The Morgan fingerprint density at radius 2 is 2.40 bits per heavy atom. The fourth-order valence-corrected chi connectivity index (χ4v) is 0.656. The normalized spacial score (nSPS) is 9.30. The second-order valence-corrected chi connectivity index (χ2v) is 1.89. The third-order valence-corrected chi connectivity index (χ3v) is 1.15. The zero-order valence-corrected chi connectivity index (χ0v) is 5.42. The van der Waals surface area contributed by atoms with E-state index < -0.39 is 4.92 Å². The van der Waals surface area contributed by atoms with E-state index in [9.17, 15) is 10.1 Å². The van der Waals surface area contributed by atoms with E-state index in [1.807, 2.05) is 0 Å². The summed E-state index contributed by atoms with van der Waals surface area (Å²) >= 11 is 0. The Morgan fingerprint density at radius 1 is 1.70 bits per heavy atom. The molecule has 1 aromatic rings. The predicted octanol–water partition coefficient (Wildman–Crippen LogP) is 1.50. The van der Waals surface area contributed by atoms with Gasteiger partial charge in [0.25, 0.3) is 5.69 Å². The highest BCUT2D eigenvalue weighted by atomic mass is 16.6. The summed E-state index contributed by atoms with van der Waals surface area (Å²) in [5.74, 6) is 0. The van der Waals surface area contributed by atoms with Gasteiger partial charge in [-0.15, -0.1) is 0 Å². The van der Waals surface area contributed by atoms with Crippen molar-refractivity contribution in [2.75, 3.05) is 0 Å². The molecule has 3 heteroatoms. The van der Waals surface area contributed by atoms with Crippen LogP contribution in [0.1, 0.15) is 5.56 Å². The Balaban J connectivity index is 3.15. The molecule has 0 aliphatic heterocycles. The number of nitrogens with zero attached hydrogens (tertiary/aromatic N) is 1. The lowest BCUT2D eigenvalue weighted by Gasteiger charge is -1.91. The van der Waals surface area contributed by atoms with Gasteiger partial charge < -0.3 is 0 Å². The van der Waals surface area contributed by atoms with Gasteiger partial charge in [0.05, 0.1) is 11.0 Å². The first-order valence-electron chi connectivity index (χ1n) is 2.74. The van der Waals surface area contributed by atoms with Crippen LogP contribution in [0.3, 0.4) is 0 Å². The Bertz CT molecular complexity index is 258. The summed E-state index contributed by atoms with van der Waals surface area (Å²) in [6.07, 6.45) is 0. The van der Waals surface area contributed by atoms with Crippen molar-refractivity contribution in [1.82, 2.24) is 0 Å². The smallest absolute Gasteiger partial charge is 0.258 e. The molecule has 0 N–H and O–H groups in total. The fraction of sp³-hybridized carbons (Fsp3) is 0.143. The molecule has 0 bridgehead atoms. The number of aryl methyl sites for hydroxylation is 1. The van der Waals surface area contributed by atoms with Gasteiger partial charge >= 0.3 is 0 Å². The van der Waals surface area contributed by atoms with Crippen LogP contribution in [0.25, 0.3) is 0 Å². The number of hydrogen-bond donors (Lipinski definition) is 0. The Kier molecular flexibility index (Phi) is 1.67. The van der Waals surface area contributed by atoms with Crippen LogP contribution in [0, 0.1) is 29.2 Å². The molecule has 0 amide bonds. The van der Waals surface area contributed by atoms with Crippen LogP contribution in [-0.2, 0) is 0 Å². The molecule has 0 aliphatic carbocycles. The first-order chi connectivity index (χ1) is 4.72. The molecule has 2 radical (unpaired) electrons. The maximum absolute atomic E-state index is 10.2. The summed E-state index contributed by atoms with van der Waals surface area (Å²) in [4.78, 5) is 9.73. The van der Waals surface area contributed by atoms with E-state index in [-0.39, 0.29) is 5.69 Å². The van der Waals surface area contributed by atoms with Crippen molar-refractivity contribution in [3.63, 3.8) is 0 Å². The number of nitro groups is 1. The number of hydrogen-bond acceptors (Lipinski definition) is 2. The van der Waals surface area contributed by atoms with Gasteiger partial charge in [-0.05, 0) is 25.1 Å². The summed E-state index contributed by atoms with van der Waals surface area (Å²) in [7, 11) is 0. The summed E-state index contributed by atoms with van der Waals surface area (Å²) in [6.45, 7) is 1.66. The van der Waals surface area contributed by atoms with Crippen LogP contribution in [0.15, 0.2) is 12.1 Å². The van der Waals surface area contributed by atoms with Gasteiger partial charge in [-0.3, -0.25) is 10.1 Å². The third-order valence-electron chi connectivity index (χ3n) is 1.15. The van der Waals surface area contributed by atoms with E-state index in [4.69, 9.17) is 0 Å². The SMILES string of the molecule is Cc1c[c]c[c]c1[N+](=O)[O-]. The minimum atomic E-state index is -0.455. The van der Waals surface area contributed by atoms with Gasteiger partial charge in [0.2, 0.25) is 0 Å². The Morgan fingerprint density at radius 3 is 2.80 bits per heavy atom. The van der Waals surface area contributed by atoms with Gasteiger partial charge in [-0.2, -0.15) is 0 Å². The zero-order chi connectivity index (χ0) is 7.56. The van der Waals surface area contributed by atoms with Crippen molar-refractivity contribution in [2.24, 2.45) is 0 Å². The molecule has 0 aromatic heterocycles. The van der Waals surface area contributed by atoms with Gasteiger partial charge in [-0.1, -0.05) is 0 Å².